The third kappa shape index (κ3) is 4.87. The molecule has 0 saturated heterocycles. The Hall–Kier alpha value is -2.62. The third-order valence-corrected chi connectivity index (χ3v) is 6.75. The van der Waals surface area contributed by atoms with E-state index in [4.69, 9.17) is 0 Å². The molecule has 152 valence electrons. The van der Waals surface area contributed by atoms with Crippen molar-refractivity contribution < 1.29 is 17.6 Å². The average Bonchev–Trinajstić information content (AvgIpc) is 3.11. The van der Waals surface area contributed by atoms with E-state index in [0.717, 1.165) is 10.4 Å². The molecule has 0 fully saturated rings. The number of halogens is 1. The lowest BCUT2D eigenvalue weighted by Gasteiger charge is -2.08. The van der Waals surface area contributed by atoms with Gasteiger partial charge in [0.1, 0.15) is 5.82 Å². The van der Waals surface area contributed by atoms with E-state index in [0.29, 0.717) is 22.7 Å². The summed E-state index contributed by atoms with van der Waals surface area (Å²) in [6, 6.07) is 9.43. The van der Waals surface area contributed by atoms with Gasteiger partial charge in [0.05, 0.1) is 4.90 Å². The molecule has 1 heterocycles. The molecule has 0 bridgehead atoms. The molecule has 3 aromatic rings. The van der Waals surface area contributed by atoms with E-state index < -0.39 is 15.9 Å². The van der Waals surface area contributed by atoms with Gasteiger partial charge in [0.15, 0.2) is 5.13 Å². The van der Waals surface area contributed by atoms with Gasteiger partial charge in [-0.15, -0.1) is 11.3 Å². The zero-order valence-corrected chi connectivity index (χ0v) is 17.7. The van der Waals surface area contributed by atoms with E-state index in [9.17, 15) is 17.6 Å². The molecule has 0 saturated carbocycles. The zero-order valence-electron chi connectivity index (χ0n) is 16.1. The van der Waals surface area contributed by atoms with Gasteiger partial charge in [-0.25, -0.2) is 22.5 Å². The first-order chi connectivity index (χ1) is 13.7. The van der Waals surface area contributed by atoms with Crippen molar-refractivity contribution >= 4 is 32.4 Å². The van der Waals surface area contributed by atoms with E-state index in [1.807, 2.05) is 6.07 Å². The standard InChI is InChI=1S/C20H20FN3O3S2/c1-12-5-7-16(29(26,27)22-3)10-17(12)19(25)24-20-23-11-15(28-20)8-14-6-4-13(2)18(21)9-14/h4-7,9-11,22H,8H2,1-3H3,(H,23,24,25). The number of hydrogen-bond donors (Lipinski definition) is 2. The lowest BCUT2D eigenvalue weighted by Crippen LogP contribution is -2.20. The summed E-state index contributed by atoms with van der Waals surface area (Å²) in [4.78, 5) is 17.7. The van der Waals surface area contributed by atoms with Crippen molar-refractivity contribution in [3.05, 3.63) is 75.5 Å². The van der Waals surface area contributed by atoms with Crippen LogP contribution in [0.15, 0.2) is 47.5 Å². The highest BCUT2D eigenvalue weighted by Crippen LogP contribution is 2.24. The first-order valence-corrected chi connectivity index (χ1v) is 11.0. The van der Waals surface area contributed by atoms with Crippen molar-refractivity contribution in [3.8, 4) is 0 Å². The molecule has 0 aliphatic carbocycles. The SMILES string of the molecule is CNS(=O)(=O)c1ccc(C)c(C(=O)Nc2ncc(Cc3ccc(C)c(F)c3)s2)c1. The highest BCUT2D eigenvalue weighted by molar-refractivity contribution is 7.89. The van der Waals surface area contributed by atoms with Crippen molar-refractivity contribution in [1.82, 2.24) is 9.71 Å². The number of amides is 1. The Kier molecular flexibility index (Phi) is 6.11. The Morgan fingerprint density at radius 2 is 1.86 bits per heavy atom. The number of anilines is 1. The van der Waals surface area contributed by atoms with Gasteiger partial charge in [0.2, 0.25) is 10.0 Å². The van der Waals surface area contributed by atoms with Gasteiger partial charge >= 0.3 is 0 Å². The molecular formula is C20H20FN3O3S2. The lowest BCUT2D eigenvalue weighted by molar-refractivity contribution is 0.102. The first-order valence-electron chi connectivity index (χ1n) is 8.75. The quantitative estimate of drug-likeness (QED) is 0.621. The topological polar surface area (TPSA) is 88.2 Å². The highest BCUT2D eigenvalue weighted by atomic mass is 32.2. The molecule has 0 aliphatic heterocycles. The second-order valence-corrected chi connectivity index (χ2v) is 9.53. The maximum atomic E-state index is 13.7. The van der Waals surface area contributed by atoms with Crippen LogP contribution in [0.25, 0.3) is 0 Å². The Labute approximate surface area is 172 Å². The second kappa shape index (κ2) is 8.40. The van der Waals surface area contributed by atoms with E-state index in [2.05, 4.69) is 15.0 Å². The van der Waals surface area contributed by atoms with Crippen molar-refractivity contribution in [2.24, 2.45) is 0 Å². The summed E-state index contributed by atoms with van der Waals surface area (Å²) in [5.41, 5.74) is 2.29. The number of carbonyl (C=O) groups is 1. The zero-order chi connectivity index (χ0) is 21.2. The number of nitrogens with one attached hydrogen (secondary N) is 2. The van der Waals surface area contributed by atoms with Crippen LogP contribution >= 0.6 is 11.3 Å². The molecule has 0 radical (unpaired) electrons. The number of aryl methyl sites for hydroxylation is 2. The van der Waals surface area contributed by atoms with Crippen LogP contribution in [-0.2, 0) is 16.4 Å². The lowest BCUT2D eigenvalue weighted by atomic mass is 10.1. The molecule has 2 aromatic carbocycles. The maximum absolute atomic E-state index is 13.7. The fraction of sp³-hybridized carbons (Fsp3) is 0.200. The van der Waals surface area contributed by atoms with Gasteiger partial charge in [-0.1, -0.05) is 18.2 Å². The summed E-state index contributed by atoms with van der Waals surface area (Å²) in [7, 11) is -2.34. The third-order valence-electron chi connectivity index (χ3n) is 4.42. The fourth-order valence-corrected chi connectivity index (χ4v) is 4.29. The van der Waals surface area contributed by atoms with Crippen molar-refractivity contribution in [1.29, 1.82) is 0 Å². The fourth-order valence-electron chi connectivity index (χ4n) is 2.69. The predicted molar refractivity (Wildman–Crippen MR) is 111 cm³/mol. The largest absolute Gasteiger partial charge is 0.298 e. The van der Waals surface area contributed by atoms with Gasteiger partial charge in [-0.2, -0.15) is 0 Å². The molecule has 3 rings (SSSR count). The van der Waals surface area contributed by atoms with Gasteiger partial charge in [-0.3, -0.25) is 10.1 Å². The van der Waals surface area contributed by atoms with E-state index in [1.165, 1.54) is 36.6 Å². The highest BCUT2D eigenvalue weighted by Gasteiger charge is 2.17. The Morgan fingerprint density at radius 1 is 1.14 bits per heavy atom. The molecule has 0 aliphatic rings. The normalized spacial score (nSPS) is 11.4. The molecule has 0 spiro atoms. The molecule has 9 heteroatoms. The van der Waals surface area contributed by atoms with Crippen LogP contribution < -0.4 is 10.0 Å². The molecule has 1 amide bonds. The average molecular weight is 434 g/mol. The van der Waals surface area contributed by atoms with Gasteiger partial charge in [0, 0.05) is 23.1 Å². The van der Waals surface area contributed by atoms with Crippen LogP contribution in [0, 0.1) is 19.7 Å². The number of sulfonamides is 1. The minimum absolute atomic E-state index is 0.0111. The number of carbonyl (C=O) groups excluding carboxylic acids is 1. The summed E-state index contributed by atoms with van der Waals surface area (Å²) in [5.74, 6) is -0.703. The Balaban J connectivity index is 1.76. The molecule has 0 atom stereocenters. The van der Waals surface area contributed by atoms with E-state index >= 15 is 0 Å². The van der Waals surface area contributed by atoms with E-state index in [-0.39, 0.29) is 16.3 Å². The summed E-state index contributed by atoms with van der Waals surface area (Å²) in [6.45, 7) is 3.43. The number of aromatic nitrogens is 1. The minimum atomic E-state index is -3.65. The first kappa shape index (κ1) is 21.1. The van der Waals surface area contributed by atoms with E-state index in [1.54, 1.807) is 32.2 Å². The summed E-state index contributed by atoms with van der Waals surface area (Å²) >= 11 is 1.28. The monoisotopic (exact) mass is 433 g/mol. The van der Waals surface area contributed by atoms with Crippen LogP contribution in [0.5, 0.6) is 0 Å². The second-order valence-electron chi connectivity index (χ2n) is 6.53. The maximum Gasteiger partial charge on any atom is 0.257 e. The molecule has 2 N–H and O–H groups in total. The number of benzene rings is 2. The molecule has 29 heavy (non-hydrogen) atoms. The Morgan fingerprint density at radius 3 is 2.55 bits per heavy atom. The van der Waals surface area contributed by atoms with Crippen LogP contribution in [0.2, 0.25) is 0 Å². The van der Waals surface area contributed by atoms with Crippen LogP contribution in [0.1, 0.15) is 31.9 Å². The van der Waals surface area contributed by atoms with Gasteiger partial charge in [0.25, 0.3) is 5.91 Å². The summed E-state index contributed by atoms with van der Waals surface area (Å²) in [6.07, 6.45) is 2.13. The minimum Gasteiger partial charge on any atom is -0.298 e. The number of hydrogen-bond acceptors (Lipinski definition) is 5. The molecule has 0 unspecified atom stereocenters. The summed E-state index contributed by atoms with van der Waals surface area (Å²) < 4.78 is 39.9. The molecule has 1 aromatic heterocycles. The van der Waals surface area contributed by atoms with Crippen molar-refractivity contribution in [3.63, 3.8) is 0 Å². The van der Waals surface area contributed by atoms with Crippen molar-refractivity contribution in [2.45, 2.75) is 25.2 Å². The van der Waals surface area contributed by atoms with Gasteiger partial charge in [-0.05, 0) is 55.8 Å². The Bertz CT molecular complexity index is 1170. The smallest absolute Gasteiger partial charge is 0.257 e. The van der Waals surface area contributed by atoms with Gasteiger partial charge < -0.3 is 0 Å². The number of nitrogens with zero attached hydrogens (tertiary/aromatic N) is 1. The number of thiazole rings is 1. The van der Waals surface area contributed by atoms with Crippen LogP contribution in [-0.4, -0.2) is 26.4 Å². The van der Waals surface area contributed by atoms with Crippen molar-refractivity contribution in [2.75, 3.05) is 12.4 Å². The van der Waals surface area contributed by atoms with Crippen LogP contribution in [0.4, 0.5) is 9.52 Å². The summed E-state index contributed by atoms with van der Waals surface area (Å²) in [5, 5.41) is 3.09. The number of rotatable bonds is 6. The molecular weight excluding hydrogens is 413 g/mol. The molecule has 6 nitrogen and oxygen atoms in total. The predicted octanol–water partition coefficient (Wildman–Crippen LogP) is 3.65. The van der Waals surface area contributed by atoms with Crippen LogP contribution in [0.3, 0.4) is 0 Å².